The van der Waals surface area contributed by atoms with Crippen molar-refractivity contribution in [3.8, 4) is 0 Å². The van der Waals surface area contributed by atoms with Gasteiger partial charge in [0.05, 0.1) is 23.7 Å². The van der Waals surface area contributed by atoms with Gasteiger partial charge in [-0.1, -0.05) is 29.9 Å². The van der Waals surface area contributed by atoms with Crippen LogP contribution in [0.5, 0.6) is 0 Å². The zero-order valence-electron chi connectivity index (χ0n) is 16.1. The lowest BCUT2D eigenvalue weighted by molar-refractivity contribution is -0.120. The lowest BCUT2D eigenvalue weighted by Crippen LogP contribution is -2.42. The van der Waals surface area contributed by atoms with Gasteiger partial charge < -0.3 is 10.6 Å². The zero-order chi connectivity index (χ0) is 20.1. The van der Waals surface area contributed by atoms with Crippen molar-refractivity contribution in [1.29, 1.82) is 0 Å². The number of allylic oxidation sites excluding steroid dienone is 4. The number of thiazole rings is 1. The Morgan fingerprint density at radius 1 is 1.38 bits per heavy atom. The number of rotatable bonds is 6. The molecule has 2 heterocycles. The summed E-state index contributed by atoms with van der Waals surface area (Å²) in [6, 6.07) is 0. The summed E-state index contributed by atoms with van der Waals surface area (Å²) in [5.41, 5.74) is 3.07. The Balaban J connectivity index is 1.33. The SMILES string of the molecule is O=C(Cc1csc(/N=C2\NC(=S)N=C3C=CC=CC32)n1)NCCC1=CCCCC1. The maximum absolute atomic E-state index is 12.2. The van der Waals surface area contributed by atoms with Gasteiger partial charge in [-0.15, -0.1) is 11.3 Å². The van der Waals surface area contributed by atoms with Crippen LogP contribution in [-0.4, -0.2) is 34.1 Å². The summed E-state index contributed by atoms with van der Waals surface area (Å²) in [7, 11) is 0. The molecule has 0 spiro atoms. The van der Waals surface area contributed by atoms with E-state index in [0.29, 0.717) is 22.6 Å². The third kappa shape index (κ3) is 5.33. The minimum Gasteiger partial charge on any atom is -0.355 e. The largest absolute Gasteiger partial charge is 0.355 e. The number of carbonyl (C=O) groups is 1. The molecule has 1 aliphatic heterocycles. The van der Waals surface area contributed by atoms with Crippen LogP contribution in [0.25, 0.3) is 0 Å². The van der Waals surface area contributed by atoms with Gasteiger partial charge in [-0.25, -0.2) is 15.0 Å². The highest BCUT2D eigenvalue weighted by Gasteiger charge is 2.25. The van der Waals surface area contributed by atoms with E-state index in [1.54, 1.807) is 0 Å². The van der Waals surface area contributed by atoms with E-state index in [1.165, 1.54) is 42.6 Å². The molecule has 8 heteroatoms. The Hall–Kier alpha value is -2.45. The lowest BCUT2D eigenvalue weighted by atomic mass is 9.96. The molecule has 2 aliphatic carbocycles. The molecule has 1 unspecified atom stereocenters. The Morgan fingerprint density at radius 2 is 2.31 bits per heavy atom. The summed E-state index contributed by atoms with van der Waals surface area (Å²) in [6.45, 7) is 0.689. The molecule has 1 amide bonds. The highest BCUT2D eigenvalue weighted by Crippen LogP contribution is 2.23. The first-order chi connectivity index (χ1) is 14.2. The van der Waals surface area contributed by atoms with Crippen molar-refractivity contribution in [3.05, 3.63) is 47.0 Å². The molecule has 6 nitrogen and oxygen atoms in total. The van der Waals surface area contributed by atoms with Crippen molar-refractivity contribution < 1.29 is 4.79 Å². The third-order valence-corrected chi connectivity index (χ3v) is 5.99. The van der Waals surface area contributed by atoms with Gasteiger partial charge in [0.15, 0.2) is 5.11 Å². The highest BCUT2D eigenvalue weighted by molar-refractivity contribution is 7.80. The van der Waals surface area contributed by atoms with Gasteiger partial charge in [0.1, 0.15) is 5.84 Å². The van der Waals surface area contributed by atoms with E-state index in [-0.39, 0.29) is 18.2 Å². The molecule has 1 aromatic heterocycles. The Labute approximate surface area is 179 Å². The summed E-state index contributed by atoms with van der Waals surface area (Å²) in [5.74, 6) is 0.667. The monoisotopic (exact) mass is 425 g/mol. The maximum Gasteiger partial charge on any atom is 0.226 e. The van der Waals surface area contributed by atoms with Crippen LogP contribution in [0.1, 0.15) is 37.8 Å². The van der Waals surface area contributed by atoms with Gasteiger partial charge in [0, 0.05) is 11.9 Å². The number of hydrogen-bond donors (Lipinski definition) is 2. The molecule has 1 aromatic rings. The van der Waals surface area contributed by atoms with Crippen molar-refractivity contribution in [3.63, 3.8) is 0 Å². The Morgan fingerprint density at radius 3 is 3.17 bits per heavy atom. The molecule has 0 aromatic carbocycles. The number of carbonyl (C=O) groups excluding carboxylic acids is 1. The number of amides is 1. The molecule has 3 aliphatic rings. The number of nitrogens with one attached hydrogen (secondary N) is 2. The van der Waals surface area contributed by atoms with Crippen LogP contribution in [0, 0.1) is 5.92 Å². The minimum absolute atomic E-state index is 0.00217. The summed E-state index contributed by atoms with van der Waals surface area (Å²) in [5, 5.41) is 8.96. The van der Waals surface area contributed by atoms with E-state index in [1.807, 2.05) is 29.7 Å². The van der Waals surface area contributed by atoms with Gasteiger partial charge in [0.2, 0.25) is 11.0 Å². The number of fused-ring (bicyclic) bond motifs is 1. The van der Waals surface area contributed by atoms with Crippen LogP contribution in [0.3, 0.4) is 0 Å². The van der Waals surface area contributed by atoms with Crippen molar-refractivity contribution in [2.24, 2.45) is 15.9 Å². The lowest BCUT2D eigenvalue weighted by Gasteiger charge is -2.23. The number of nitrogens with zero attached hydrogens (tertiary/aromatic N) is 3. The normalized spacial score (nSPS) is 22.0. The summed E-state index contributed by atoms with van der Waals surface area (Å²) in [4.78, 5) is 25.7. The fourth-order valence-electron chi connectivity index (χ4n) is 3.55. The van der Waals surface area contributed by atoms with Crippen molar-refractivity contribution in [1.82, 2.24) is 15.6 Å². The second kappa shape index (κ2) is 9.37. The molecule has 4 rings (SSSR count). The van der Waals surface area contributed by atoms with Crippen LogP contribution in [0.2, 0.25) is 0 Å². The van der Waals surface area contributed by atoms with Crippen molar-refractivity contribution in [2.45, 2.75) is 38.5 Å². The predicted octanol–water partition coefficient (Wildman–Crippen LogP) is 3.79. The van der Waals surface area contributed by atoms with E-state index in [2.05, 4.69) is 31.7 Å². The second-order valence-corrected chi connectivity index (χ2v) is 8.42. The van der Waals surface area contributed by atoms with E-state index < -0.39 is 0 Å². The van der Waals surface area contributed by atoms with E-state index in [4.69, 9.17) is 12.2 Å². The smallest absolute Gasteiger partial charge is 0.226 e. The van der Waals surface area contributed by atoms with Crippen LogP contribution >= 0.6 is 23.6 Å². The molecule has 150 valence electrons. The van der Waals surface area contributed by atoms with E-state index in [0.717, 1.165) is 17.8 Å². The standard InChI is InChI=1S/C21H23N5OS2/c27-18(22-11-10-14-6-2-1-3-7-14)12-15-13-29-21(23-15)26-19-16-8-4-5-9-17(16)24-20(28)25-19/h4-6,8-9,13,16H,1-3,7,10-12H2,(H,22,27)(H,23,25,26,28). The first-order valence-corrected chi connectivity index (χ1v) is 11.2. The fraction of sp³-hybridized carbons (Fsp3) is 0.381. The Bertz CT molecular complexity index is 954. The Kier molecular flexibility index (Phi) is 6.41. The van der Waals surface area contributed by atoms with Crippen LogP contribution in [-0.2, 0) is 11.2 Å². The molecule has 0 radical (unpaired) electrons. The van der Waals surface area contributed by atoms with Gasteiger partial charge in [0.25, 0.3) is 0 Å². The third-order valence-electron chi connectivity index (χ3n) is 5.01. The summed E-state index contributed by atoms with van der Waals surface area (Å²) >= 11 is 6.63. The van der Waals surface area contributed by atoms with Crippen LogP contribution in [0.4, 0.5) is 5.13 Å². The first kappa shape index (κ1) is 19.8. The molecule has 1 atom stereocenters. The zero-order valence-corrected chi connectivity index (χ0v) is 17.7. The second-order valence-electron chi connectivity index (χ2n) is 7.19. The molecule has 0 saturated carbocycles. The molecular weight excluding hydrogens is 402 g/mol. The quantitative estimate of drug-likeness (QED) is 0.537. The van der Waals surface area contributed by atoms with Gasteiger partial charge >= 0.3 is 0 Å². The fourth-order valence-corrected chi connectivity index (χ4v) is 4.46. The molecule has 0 saturated heterocycles. The van der Waals surface area contributed by atoms with Crippen LogP contribution in [0.15, 0.2) is 51.3 Å². The minimum atomic E-state index is -0.0450. The van der Waals surface area contributed by atoms with E-state index >= 15 is 0 Å². The molecule has 0 bridgehead atoms. The van der Waals surface area contributed by atoms with E-state index in [9.17, 15) is 4.79 Å². The maximum atomic E-state index is 12.2. The average molecular weight is 426 g/mol. The molecule has 2 N–H and O–H groups in total. The average Bonchev–Trinajstić information content (AvgIpc) is 3.15. The van der Waals surface area contributed by atoms with Crippen molar-refractivity contribution in [2.75, 3.05) is 6.54 Å². The number of hydrogen-bond acceptors (Lipinski definition) is 5. The first-order valence-electron chi connectivity index (χ1n) is 9.89. The molecule has 29 heavy (non-hydrogen) atoms. The summed E-state index contributed by atoms with van der Waals surface area (Å²) < 4.78 is 0. The highest BCUT2D eigenvalue weighted by atomic mass is 32.1. The number of amidine groups is 1. The number of thiocarbonyl (C=S) groups is 1. The van der Waals surface area contributed by atoms with Gasteiger partial charge in [-0.3, -0.25) is 4.79 Å². The number of aliphatic imine (C=N–C) groups is 2. The molecule has 0 fully saturated rings. The number of aromatic nitrogens is 1. The van der Waals surface area contributed by atoms with Crippen LogP contribution < -0.4 is 10.6 Å². The summed E-state index contributed by atoms with van der Waals surface area (Å²) in [6.07, 6.45) is 16.3. The topological polar surface area (TPSA) is 78.7 Å². The predicted molar refractivity (Wildman–Crippen MR) is 122 cm³/mol. The van der Waals surface area contributed by atoms with Gasteiger partial charge in [-0.05, 0) is 50.4 Å². The van der Waals surface area contributed by atoms with Crippen molar-refractivity contribution >= 4 is 51.3 Å². The molecular formula is C21H23N5OS2. The van der Waals surface area contributed by atoms with Gasteiger partial charge in [-0.2, -0.15) is 0 Å².